The van der Waals surface area contributed by atoms with Gasteiger partial charge < -0.3 is 10.6 Å². The van der Waals surface area contributed by atoms with Gasteiger partial charge in [-0.05, 0) is 32.1 Å². The first-order chi connectivity index (χ1) is 10.6. The Labute approximate surface area is 162 Å². The van der Waals surface area contributed by atoms with Crippen LogP contribution in [-0.2, 0) is 6.42 Å². The molecule has 1 aromatic heterocycles. The minimum Gasteiger partial charge on any atom is -0.356 e. The van der Waals surface area contributed by atoms with Crippen LogP contribution >= 0.6 is 35.3 Å². The minimum absolute atomic E-state index is 0. The number of thiazole rings is 1. The summed E-state index contributed by atoms with van der Waals surface area (Å²) in [6.45, 7) is 8.52. The highest BCUT2D eigenvalue weighted by molar-refractivity contribution is 14.0. The summed E-state index contributed by atoms with van der Waals surface area (Å²) in [5, 5.41) is 8.11. The molecular weight excluding hydrogens is 419 g/mol. The number of nitrogens with one attached hydrogen (secondary N) is 2. The van der Waals surface area contributed by atoms with Gasteiger partial charge in [-0.2, -0.15) is 0 Å². The number of hydrogen-bond acceptors (Lipinski definition) is 3. The van der Waals surface area contributed by atoms with Gasteiger partial charge in [0.2, 0.25) is 0 Å². The van der Waals surface area contributed by atoms with E-state index >= 15 is 0 Å². The van der Waals surface area contributed by atoms with Crippen molar-refractivity contribution in [1.29, 1.82) is 0 Å². The van der Waals surface area contributed by atoms with Gasteiger partial charge in [0.1, 0.15) is 0 Å². The summed E-state index contributed by atoms with van der Waals surface area (Å²) < 4.78 is 0. The largest absolute Gasteiger partial charge is 0.356 e. The van der Waals surface area contributed by atoms with E-state index in [1.807, 2.05) is 7.05 Å². The predicted octanol–water partition coefficient (Wildman–Crippen LogP) is 3.91. The number of halogens is 1. The van der Waals surface area contributed by atoms with E-state index in [1.165, 1.54) is 35.6 Å². The van der Waals surface area contributed by atoms with Crippen molar-refractivity contribution in [2.45, 2.75) is 52.9 Å². The van der Waals surface area contributed by atoms with Crippen molar-refractivity contribution in [3.63, 3.8) is 0 Å². The van der Waals surface area contributed by atoms with E-state index < -0.39 is 0 Å². The third-order valence-electron chi connectivity index (χ3n) is 4.75. The average molecular weight is 450 g/mol. The molecule has 23 heavy (non-hydrogen) atoms. The SMILES string of the molecule is CN=C(NCCc1nc(C)c(C)s1)NCC1CCCCC1C.I. The maximum absolute atomic E-state index is 4.58. The van der Waals surface area contributed by atoms with Gasteiger partial charge in [-0.25, -0.2) is 4.98 Å². The Morgan fingerprint density at radius 3 is 2.61 bits per heavy atom. The third kappa shape index (κ3) is 6.57. The van der Waals surface area contributed by atoms with Gasteiger partial charge in [0.15, 0.2) is 5.96 Å². The lowest BCUT2D eigenvalue weighted by atomic mass is 9.80. The van der Waals surface area contributed by atoms with Gasteiger partial charge in [-0.3, -0.25) is 4.99 Å². The second-order valence-electron chi connectivity index (χ2n) is 6.40. The molecule has 1 aliphatic carbocycles. The highest BCUT2D eigenvalue weighted by atomic mass is 127. The first-order valence-electron chi connectivity index (χ1n) is 8.47. The molecular formula is C17H31IN4S. The first kappa shape index (κ1) is 20.7. The molecule has 2 atom stereocenters. The molecule has 2 unspecified atom stereocenters. The summed E-state index contributed by atoms with van der Waals surface area (Å²) >= 11 is 1.80. The van der Waals surface area contributed by atoms with Gasteiger partial charge in [-0.15, -0.1) is 35.3 Å². The van der Waals surface area contributed by atoms with Gasteiger partial charge in [0, 0.05) is 31.4 Å². The molecule has 0 amide bonds. The number of rotatable bonds is 5. The van der Waals surface area contributed by atoms with Crippen molar-refractivity contribution >= 4 is 41.3 Å². The summed E-state index contributed by atoms with van der Waals surface area (Å²) in [5.41, 5.74) is 1.16. The van der Waals surface area contributed by atoms with Crippen LogP contribution in [0.25, 0.3) is 0 Å². The van der Waals surface area contributed by atoms with Crippen LogP contribution in [-0.4, -0.2) is 31.1 Å². The van der Waals surface area contributed by atoms with Crippen LogP contribution in [0.15, 0.2) is 4.99 Å². The molecule has 132 valence electrons. The number of hydrogen-bond donors (Lipinski definition) is 2. The Morgan fingerprint density at radius 1 is 1.26 bits per heavy atom. The lowest BCUT2D eigenvalue weighted by Gasteiger charge is -2.29. The van der Waals surface area contributed by atoms with Gasteiger partial charge in [-0.1, -0.05) is 26.2 Å². The second-order valence-corrected chi connectivity index (χ2v) is 7.69. The zero-order valence-electron chi connectivity index (χ0n) is 14.8. The molecule has 0 aromatic carbocycles. The topological polar surface area (TPSA) is 49.3 Å². The van der Waals surface area contributed by atoms with Crippen LogP contribution in [0.2, 0.25) is 0 Å². The summed E-state index contributed by atoms with van der Waals surface area (Å²) in [5.74, 6) is 2.54. The lowest BCUT2D eigenvalue weighted by Crippen LogP contribution is -2.42. The van der Waals surface area contributed by atoms with E-state index in [0.29, 0.717) is 0 Å². The Morgan fingerprint density at radius 2 is 2.00 bits per heavy atom. The van der Waals surface area contributed by atoms with E-state index in [-0.39, 0.29) is 24.0 Å². The fourth-order valence-corrected chi connectivity index (χ4v) is 4.01. The molecule has 6 heteroatoms. The summed E-state index contributed by atoms with van der Waals surface area (Å²) in [6, 6.07) is 0. The number of aryl methyl sites for hydroxylation is 2. The third-order valence-corrected chi connectivity index (χ3v) is 5.88. The van der Waals surface area contributed by atoms with Gasteiger partial charge in [0.05, 0.1) is 10.7 Å². The van der Waals surface area contributed by atoms with Crippen LogP contribution in [0.3, 0.4) is 0 Å². The van der Waals surface area contributed by atoms with E-state index in [0.717, 1.165) is 43.0 Å². The molecule has 2 N–H and O–H groups in total. The highest BCUT2D eigenvalue weighted by Crippen LogP contribution is 2.28. The maximum atomic E-state index is 4.58. The molecule has 1 aromatic rings. The molecule has 0 radical (unpaired) electrons. The molecule has 1 heterocycles. The van der Waals surface area contributed by atoms with Crippen LogP contribution in [0.5, 0.6) is 0 Å². The fraction of sp³-hybridized carbons (Fsp3) is 0.765. The first-order valence-corrected chi connectivity index (χ1v) is 9.29. The molecule has 0 spiro atoms. The fourth-order valence-electron chi connectivity index (χ4n) is 3.08. The number of aliphatic imine (C=N–C) groups is 1. The van der Waals surface area contributed by atoms with Crippen LogP contribution in [0, 0.1) is 25.7 Å². The molecule has 1 fully saturated rings. The van der Waals surface area contributed by atoms with Crippen molar-refractivity contribution < 1.29 is 0 Å². The smallest absolute Gasteiger partial charge is 0.190 e. The van der Waals surface area contributed by atoms with Crippen LogP contribution < -0.4 is 10.6 Å². The van der Waals surface area contributed by atoms with E-state index in [4.69, 9.17) is 0 Å². The molecule has 1 saturated carbocycles. The van der Waals surface area contributed by atoms with Crippen LogP contribution in [0.4, 0.5) is 0 Å². The minimum atomic E-state index is 0. The zero-order valence-corrected chi connectivity index (χ0v) is 18.0. The quantitative estimate of drug-likeness (QED) is 0.406. The van der Waals surface area contributed by atoms with Crippen molar-refractivity contribution in [2.75, 3.05) is 20.1 Å². The monoisotopic (exact) mass is 450 g/mol. The van der Waals surface area contributed by atoms with E-state index in [1.54, 1.807) is 11.3 Å². The molecule has 2 rings (SSSR count). The molecule has 4 nitrogen and oxygen atoms in total. The normalized spacial score (nSPS) is 21.7. The summed E-state index contributed by atoms with van der Waals surface area (Å²) in [6.07, 6.45) is 6.46. The van der Waals surface area contributed by atoms with E-state index in [2.05, 4.69) is 41.4 Å². The highest BCUT2D eigenvalue weighted by Gasteiger charge is 2.21. The number of guanidine groups is 1. The van der Waals surface area contributed by atoms with Crippen molar-refractivity contribution in [3.8, 4) is 0 Å². The Hall–Kier alpha value is -0.370. The average Bonchev–Trinajstić information content (AvgIpc) is 2.82. The van der Waals surface area contributed by atoms with Crippen molar-refractivity contribution in [2.24, 2.45) is 16.8 Å². The van der Waals surface area contributed by atoms with Gasteiger partial charge in [0.25, 0.3) is 0 Å². The standard InChI is InChI=1S/C17H30N4S.HI/c1-12-7-5-6-8-15(12)11-20-17(18-4)19-10-9-16-21-13(2)14(3)22-16;/h12,15H,5-11H2,1-4H3,(H2,18,19,20);1H. The Bertz CT molecular complexity index is 481. The predicted molar refractivity (Wildman–Crippen MR) is 111 cm³/mol. The molecule has 1 aliphatic rings. The van der Waals surface area contributed by atoms with E-state index in [9.17, 15) is 0 Å². The summed E-state index contributed by atoms with van der Waals surface area (Å²) in [4.78, 5) is 10.2. The number of aromatic nitrogens is 1. The zero-order chi connectivity index (χ0) is 15.9. The van der Waals surface area contributed by atoms with Gasteiger partial charge >= 0.3 is 0 Å². The Balaban J connectivity index is 0.00000264. The van der Waals surface area contributed by atoms with Crippen LogP contribution in [0.1, 0.15) is 48.2 Å². The molecule has 0 saturated heterocycles. The van der Waals surface area contributed by atoms with Crippen molar-refractivity contribution in [3.05, 3.63) is 15.6 Å². The van der Waals surface area contributed by atoms with Crippen molar-refractivity contribution in [1.82, 2.24) is 15.6 Å². The second kappa shape index (κ2) is 10.5. The number of nitrogens with zero attached hydrogens (tertiary/aromatic N) is 2. The molecule has 0 aliphatic heterocycles. The Kier molecular flexibility index (Phi) is 9.43. The summed E-state index contributed by atoms with van der Waals surface area (Å²) in [7, 11) is 1.84. The maximum Gasteiger partial charge on any atom is 0.190 e. The molecule has 0 bridgehead atoms. The lowest BCUT2D eigenvalue weighted by molar-refractivity contribution is 0.256.